The van der Waals surface area contributed by atoms with Crippen molar-refractivity contribution in [3.05, 3.63) is 67.0 Å². The number of imidazole rings is 1. The number of pyridine rings is 1. The predicted octanol–water partition coefficient (Wildman–Crippen LogP) is 3.73. The summed E-state index contributed by atoms with van der Waals surface area (Å²) in [6.45, 7) is 3.67. The summed E-state index contributed by atoms with van der Waals surface area (Å²) in [6, 6.07) is 18.5. The van der Waals surface area contributed by atoms with Crippen LogP contribution in [0.15, 0.2) is 71.4 Å². The van der Waals surface area contributed by atoms with E-state index in [-0.39, 0.29) is 12.1 Å². The molecule has 1 saturated heterocycles. The minimum Gasteiger partial charge on any atom is -0.473 e. The van der Waals surface area contributed by atoms with Crippen LogP contribution in [0.1, 0.15) is 12.8 Å². The van der Waals surface area contributed by atoms with Crippen LogP contribution in [0.3, 0.4) is 0 Å². The van der Waals surface area contributed by atoms with Gasteiger partial charge in [-0.15, -0.1) is 5.10 Å². The molecule has 36 heavy (non-hydrogen) atoms. The van der Waals surface area contributed by atoms with Gasteiger partial charge in [-0.25, -0.2) is 14.5 Å². The van der Waals surface area contributed by atoms with E-state index in [9.17, 15) is 0 Å². The summed E-state index contributed by atoms with van der Waals surface area (Å²) in [7, 11) is 0. The van der Waals surface area contributed by atoms with Crippen LogP contribution in [0.4, 0.5) is 11.5 Å². The van der Waals surface area contributed by atoms with Crippen LogP contribution >= 0.6 is 0 Å². The number of ether oxygens (including phenoxy) is 1. The van der Waals surface area contributed by atoms with Crippen LogP contribution in [-0.2, 0) is 0 Å². The van der Waals surface area contributed by atoms with Gasteiger partial charge < -0.3 is 24.7 Å². The largest absolute Gasteiger partial charge is 0.473 e. The molecule has 0 spiro atoms. The van der Waals surface area contributed by atoms with Gasteiger partial charge in [0, 0.05) is 50.2 Å². The molecule has 1 aliphatic heterocycles. The Morgan fingerprint density at radius 2 is 1.72 bits per heavy atom. The summed E-state index contributed by atoms with van der Waals surface area (Å²) in [4.78, 5) is 14.0. The molecule has 7 rings (SSSR count). The number of hydrogen-bond acceptors (Lipinski definition) is 8. The molecule has 2 aliphatic rings. The van der Waals surface area contributed by atoms with E-state index in [1.165, 1.54) is 5.69 Å². The number of rotatable bonds is 5. The minimum atomic E-state index is 0.124. The molecule has 0 atom stereocenters. The zero-order valence-electron chi connectivity index (χ0n) is 19.8. The number of piperazine rings is 1. The number of furan rings is 1. The van der Waals surface area contributed by atoms with Crippen molar-refractivity contribution in [2.75, 3.05) is 36.0 Å². The lowest BCUT2D eigenvalue weighted by Crippen LogP contribution is -2.46. The zero-order chi connectivity index (χ0) is 24.1. The smallest absolute Gasteiger partial charge is 0.232 e. The van der Waals surface area contributed by atoms with Crippen molar-refractivity contribution in [2.45, 2.75) is 25.0 Å². The Kier molecular flexibility index (Phi) is 5.02. The topological polar surface area (TPSA) is 98.0 Å². The summed E-state index contributed by atoms with van der Waals surface area (Å²) in [5, 5.41) is 5.67. The first kappa shape index (κ1) is 21.2. The summed E-state index contributed by atoms with van der Waals surface area (Å²) < 4.78 is 14.0. The molecule has 9 heteroatoms. The maximum Gasteiger partial charge on any atom is 0.232 e. The molecule has 9 nitrogen and oxygen atoms in total. The molecule has 5 aromatic rings. The number of anilines is 2. The Labute approximate surface area is 208 Å². The number of para-hydroxylation sites is 1. The van der Waals surface area contributed by atoms with Crippen molar-refractivity contribution >= 4 is 28.1 Å². The summed E-state index contributed by atoms with van der Waals surface area (Å²) in [6.07, 6.45) is 5.44. The molecular formula is C27H27N7O2. The third kappa shape index (κ3) is 3.72. The van der Waals surface area contributed by atoms with Crippen LogP contribution < -0.4 is 20.3 Å². The van der Waals surface area contributed by atoms with Crippen molar-refractivity contribution in [3.63, 3.8) is 0 Å². The summed E-state index contributed by atoms with van der Waals surface area (Å²) in [5.74, 6) is 2.21. The average Bonchev–Trinajstić information content (AvgIpc) is 3.52. The fraction of sp³-hybridized carbons (Fsp3) is 0.296. The van der Waals surface area contributed by atoms with E-state index in [1.54, 1.807) is 10.7 Å². The number of hydrogen-bond donors (Lipinski definition) is 1. The van der Waals surface area contributed by atoms with Gasteiger partial charge in [0.2, 0.25) is 5.88 Å². The molecule has 0 unspecified atom stereocenters. The lowest BCUT2D eigenvalue weighted by atomic mass is 9.90. The first-order valence-electron chi connectivity index (χ1n) is 12.4. The first-order valence-corrected chi connectivity index (χ1v) is 12.4. The maximum absolute atomic E-state index is 6.27. The zero-order valence-corrected chi connectivity index (χ0v) is 19.8. The van der Waals surface area contributed by atoms with Crippen LogP contribution in [-0.4, -0.2) is 57.9 Å². The monoisotopic (exact) mass is 481 g/mol. The molecule has 0 amide bonds. The Bertz CT molecular complexity index is 1520. The van der Waals surface area contributed by atoms with E-state index < -0.39 is 0 Å². The summed E-state index contributed by atoms with van der Waals surface area (Å²) >= 11 is 0. The van der Waals surface area contributed by atoms with Crippen molar-refractivity contribution in [1.29, 1.82) is 0 Å². The van der Waals surface area contributed by atoms with Gasteiger partial charge in [0.15, 0.2) is 11.4 Å². The molecule has 2 fully saturated rings. The van der Waals surface area contributed by atoms with Gasteiger partial charge in [0.25, 0.3) is 0 Å². The van der Waals surface area contributed by atoms with E-state index in [0.717, 1.165) is 67.1 Å². The molecule has 182 valence electrons. The highest BCUT2D eigenvalue weighted by Gasteiger charge is 2.28. The van der Waals surface area contributed by atoms with Gasteiger partial charge >= 0.3 is 0 Å². The van der Waals surface area contributed by atoms with Crippen LogP contribution in [0, 0.1) is 0 Å². The highest BCUT2D eigenvalue weighted by atomic mass is 16.5. The first-order chi connectivity index (χ1) is 17.7. The molecule has 1 aromatic carbocycles. The molecular weight excluding hydrogens is 454 g/mol. The van der Waals surface area contributed by atoms with E-state index in [4.69, 9.17) is 19.9 Å². The normalized spacial score (nSPS) is 20.1. The molecule has 0 radical (unpaired) electrons. The highest BCUT2D eigenvalue weighted by Crippen LogP contribution is 2.34. The van der Waals surface area contributed by atoms with Crippen molar-refractivity contribution in [3.8, 4) is 17.3 Å². The molecule has 0 bridgehead atoms. The number of aromatic nitrogens is 4. The van der Waals surface area contributed by atoms with Gasteiger partial charge in [0.1, 0.15) is 23.2 Å². The minimum absolute atomic E-state index is 0.124. The van der Waals surface area contributed by atoms with Crippen LogP contribution in [0.25, 0.3) is 28.1 Å². The third-order valence-corrected chi connectivity index (χ3v) is 7.13. The van der Waals surface area contributed by atoms with E-state index in [1.807, 2.05) is 30.5 Å². The van der Waals surface area contributed by atoms with Crippen LogP contribution in [0.2, 0.25) is 0 Å². The van der Waals surface area contributed by atoms with E-state index in [2.05, 4.69) is 50.2 Å². The maximum atomic E-state index is 6.27. The number of fused-ring (bicyclic) bond motifs is 2. The quantitative estimate of drug-likeness (QED) is 0.406. The fourth-order valence-electron chi connectivity index (χ4n) is 5.10. The standard InChI is InChI=1S/C27H27N7O2/c28-18-14-20(15-18)35-26-7-6-25-30-17-22(34(25)31-26)24-16-21-23(36-24)8-9-29-27(21)33-12-10-32(11-13-33)19-4-2-1-3-5-19/h1-9,16-18,20H,10-15,28H2/t18-,20-. The Morgan fingerprint density at radius 1 is 0.917 bits per heavy atom. The second-order valence-corrected chi connectivity index (χ2v) is 9.52. The van der Waals surface area contributed by atoms with E-state index in [0.29, 0.717) is 11.6 Å². The number of benzene rings is 1. The van der Waals surface area contributed by atoms with Crippen LogP contribution in [0.5, 0.6) is 5.88 Å². The van der Waals surface area contributed by atoms with Crippen molar-refractivity contribution < 1.29 is 9.15 Å². The van der Waals surface area contributed by atoms with Gasteiger partial charge in [-0.2, -0.15) is 0 Å². The average molecular weight is 482 g/mol. The molecule has 4 aromatic heterocycles. The lowest BCUT2D eigenvalue weighted by Gasteiger charge is -2.36. The molecule has 2 N–H and O–H groups in total. The van der Waals surface area contributed by atoms with Crippen molar-refractivity contribution in [1.82, 2.24) is 19.6 Å². The van der Waals surface area contributed by atoms with Gasteiger partial charge in [-0.05, 0) is 43.2 Å². The number of nitrogens with zero attached hydrogens (tertiary/aromatic N) is 6. The highest BCUT2D eigenvalue weighted by molar-refractivity contribution is 5.92. The lowest BCUT2D eigenvalue weighted by molar-refractivity contribution is 0.0944. The summed E-state index contributed by atoms with van der Waals surface area (Å²) in [5.41, 5.74) is 9.46. The van der Waals surface area contributed by atoms with Gasteiger partial charge in [0.05, 0.1) is 11.6 Å². The number of nitrogens with two attached hydrogens (primary N) is 1. The second kappa shape index (κ2) is 8.53. The van der Waals surface area contributed by atoms with Crippen molar-refractivity contribution in [2.24, 2.45) is 5.73 Å². The Morgan fingerprint density at radius 3 is 2.53 bits per heavy atom. The fourth-order valence-corrected chi connectivity index (χ4v) is 5.10. The SMILES string of the molecule is N[C@H]1C[C@H](Oc2ccc3ncc(-c4cc5c(N6CCN(c7ccccc7)CC6)nccc5o4)n3n2)C1. The van der Waals surface area contributed by atoms with Gasteiger partial charge in [-0.3, -0.25) is 0 Å². The van der Waals surface area contributed by atoms with E-state index >= 15 is 0 Å². The Balaban J connectivity index is 1.17. The predicted molar refractivity (Wildman–Crippen MR) is 138 cm³/mol. The van der Waals surface area contributed by atoms with Gasteiger partial charge in [-0.1, -0.05) is 18.2 Å². The second-order valence-electron chi connectivity index (χ2n) is 9.52. The molecule has 5 heterocycles. The molecule has 1 aliphatic carbocycles. The molecule has 1 saturated carbocycles. The Hall–Kier alpha value is -4.11. The third-order valence-electron chi connectivity index (χ3n) is 7.13.